The van der Waals surface area contributed by atoms with Gasteiger partial charge in [0.1, 0.15) is 0 Å². The first-order valence-electron chi connectivity index (χ1n) is 6.91. The molecule has 1 unspecified atom stereocenters. The molecule has 0 spiro atoms. The van der Waals surface area contributed by atoms with Gasteiger partial charge in [0.15, 0.2) is 0 Å². The van der Waals surface area contributed by atoms with E-state index in [1.165, 1.54) is 0 Å². The summed E-state index contributed by atoms with van der Waals surface area (Å²) in [4.78, 5) is 0. The topological polar surface area (TPSA) is 47.3 Å². The van der Waals surface area contributed by atoms with Crippen LogP contribution in [-0.4, -0.2) is 27.6 Å². The molecule has 108 valence electrons. The van der Waals surface area contributed by atoms with Gasteiger partial charge in [0.05, 0.1) is 19.3 Å². The van der Waals surface area contributed by atoms with Crippen LogP contribution in [0.5, 0.6) is 5.88 Å². The Balaban J connectivity index is 0. The Kier molecular flexibility index (Phi) is 11.9. The number of ether oxygens (including phenoxy) is 1. The third-order valence-corrected chi connectivity index (χ3v) is 2.18. The predicted molar refractivity (Wildman–Crippen MR) is 77.2 cm³/mol. The van der Waals surface area contributed by atoms with Crippen molar-refractivity contribution in [1.82, 2.24) is 9.78 Å². The molecule has 1 rings (SSSR count). The molecular formula is C14H30N2O2. The second kappa shape index (κ2) is 11.1. The summed E-state index contributed by atoms with van der Waals surface area (Å²) in [6.45, 7) is 16.8. The van der Waals surface area contributed by atoms with E-state index in [-0.39, 0.29) is 6.10 Å². The number of nitrogens with zero attached hydrogens (tertiary/aromatic N) is 2. The van der Waals surface area contributed by atoms with Crippen molar-refractivity contribution in [3.63, 3.8) is 0 Å². The molecule has 1 N–H and O–H groups in total. The molecule has 0 saturated heterocycles. The summed E-state index contributed by atoms with van der Waals surface area (Å²) in [5, 5.41) is 13.5. The number of aliphatic hydroxyl groups is 1. The van der Waals surface area contributed by atoms with E-state index in [0.29, 0.717) is 19.0 Å². The van der Waals surface area contributed by atoms with Gasteiger partial charge < -0.3 is 9.84 Å². The molecule has 0 aliphatic heterocycles. The zero-order chi connectivity index (χ0) is 14.7. The summed E-state index contributed by atoms with van der Waals surface area (Å²) in [6, 6.07) is 0. The molecule has 1 heterocycles. The number of aliphatic hydroxyl groups excluding tert-OH is 1. The van der Waals surface area contributed by atoms with Crippen molar-refractivity contribution >= 4 is 0 Å². The van der Waals surface area contributed by atoms with Gasteiger partial charge in [-0.3, -0.25) is 4.68 Å². The van der Waals surface area contributed by atoms with E-state index in [9.17, 15) is 5.11 Å². The minimum atomic E-state index is -0.387. The zero-order valence-electron chi connectivity index (χ0n) is 13.2. The molecular weight excluding hydrogens is 228 g/mol. The lowest BCUT2D eigenvalue weighted by molar-refractivity contribution is 0.166. The Morgan fingerprint density at radius 3 is 2.11 bits per heavy atom. The van der Waals surface area contributed by atoms with Gasteiger partial charge in [-0.2, -0.15) is 0 Å². The van der Waals surface area contributed by atoms with Crippen molar-refractivity contribution in [1.29, 1.82) is 0 Å². The van der Waals surface area contributed by atoms with E-state index < -0.39 is 0 Å². The van der Waals surface area contributed by atoms with Gasteiger partial charge in [0.25, 0.3) is 0 Å². The van der Waals surface area contributed by atoms with Gasteiger partial charge in [0.2, 0.25) is 5.88 Å². The highest BCUT2D eigenvalue weighted by Crippen LogP contribution is 2.19. The maximum Gasteiger partial charge on any atom is 0.235 e. The highest BCUT2D eigenvalue weighted by atomic mass is 16.5. The first kappa shape index (κ1) is 19.3. The largest absolute Gasteiger partial charge is 0.477 e. The maximum absolute atomic E-state index is 9.26. The molecule has 1 aromatic rings. The Bertz CT molecular complexity index is 307. The normalized spacial score (nSPS) is 10.7. The van der Waals surface area contributed by atoms with E-state index in [2.05, 4.69) is 5.10 Å². The molecule has 0 aliphatic rings. The molecule has 0 radical (unpaired) electrons. The molecule has 0 amide bonds. The van der Waals surface area contributed by atoms with Crippen molar-refractivity contribution in [3.8, 4) is 5.88 Å². The zero-order valence-corrected chi connectivity index (χ0v) is 13.2. The van der Waals surface area contributed by atoms with Gasteiger partial charge >= 0.3 is 0 Å². The summed E-state index contributed by atoms with van der Waals surface area (Å²) in [7, 11) is 0. The number of aromatic nitrogens is 2. The van der Waals surface area contributed by atoms with Crippen molar-refractivity contribution in [2.75, 3.05) is 6.61 Å². The molecule has 0 aromatic carbocycles. The predicted octanol–water partition coefficient (Wildman–Crippen LogP) is 3.33. The second-order valence-electron chi connectivity index (χ2n) is 3.48. The number of hydrogen-bond donors (Lipinski definition) is 1. The third-order valence-electron chi connectivity index (χ3n) is 2.18. The lowest BCUT2D eigenvalue weighted by atomic mass is 10.3. The molecule has 0 fully saturated rings. The summed E-state index contributed by atoms with van der Waals surface area (Å²) < 4.78 is 7.15. The Labute approximate surface area is 112 Å². The van der Waals surface area contributed by atoms with Gasteiger partial charge in [0, 0.05) is 11.3 Å². The molecule has 18 heavy (non-hydrogen) atoms. The first-order valence-corrected chi connectivity index (χ1v) is 6.91. The van der Waals surface area contributed by atoms with Crippen molar-refractivity contribution in [2.24, 2.45) is 0 Å². The Morgan fingerprint density at radius 2 is 1.72 bits per heavy atom. The van der Waals surface area contributed by atoms with Crippen LogP contribution in [0.15, 0.2) is 0 Å². The van der Waals surface area contributed by atoms with E-state index in [4.69, 9.17) is 4.74 Å². The molecule has 4 nitrogen and oxygen atoms in total. The van der Waals surface area contributed by atoms with Crippen LogP contribution < -0.4 is 4.74 Å². The lowest BCUT2D eigenvalue weighted by Crippen LogP contribution is -2.14. The van der Waals surface area contributed by atoms with Crippen LogP contribution in [0.4, 0.5) is 0 Å². The second-order valence-corrected chi connectivity index (χ2v) is 3.48. The van der Waals surface area contributed by atoms with Crippen LogP contribution in [0.1, 0.15) is 52.8 Å². The minimum absolute atomic E-state index is 0.387. The fourth-order valence-corrected chi connectivity index (χ4v) is 1.31. The molecule has 0 saturated carbocycles. The SMILES string of the molecule is CC.CC.CCOc1nn(CC(C)O)c(C)c1C. The van der Waals surface area contributed by atoms with Crippen LogP contribution >= 0.6 is 0 Å². The molecule has 0 aliphatic carbocycles. The van der Waals surface area contributed by atoms with Crippen molar-refractivity contribution in [2.45, 2.75) is 68.0 Å². The van der Waals surface area contributed by atoms with Crippen LogP contribution in [-0.2, 0) is 6.54 Å². The van der Waals surface area contributed by atoms with Crippen LogP contribution in [0.2, 0.25) is 0 Å². The van der Waals surface area contributed by atoms with E-state index in [1.807, 2.05) is 48.5 Å². The highest BCUT2D eigenvalue weighted by Gasteiger charge is 2.12. The van der Waals surface area contributed by atoms with Gasteiger partial charge in [-0.1, -0.05) is 27.7 Å². The van der Waals surface area contributed by atoms with Crippen LogP contribution in [0.25, 0.3) is 0 Å². The fourth-order valence-electron chi connectivity index (χ4n) is 1.31. The quantitative estimate of drug-likeness (QED) is 0.901. The highest BCUT2D eigenvalue weighted by molar-refractivity contribution is 5.28. The standard InChI is InChI=1S/C10H18N2O2.2C2H6/c1-5-14-10-8(3)9(4)12(11-10)6-7(2)13;2*1-2/h7,13H,5-6H2,1-4H3;2*1-2H3. The summed E-state index contributed by atoms with van der Waals surface area (Å²) in [5.74, 6) is 0.672. The summed E-state index contributed by atoms with van der Waals surface area (Å²) in [6.07, 6.45) is -0.387. The molecule has 0 bridgehead atoms. The molecule has 1 atom stereocenters. The van der Waals surface area contributed by atoms with Crippen molar-refractivity contribution < 1.29 is 9.84 Å². The molecule has 4 heteroatoms. The van der Waals surface area contributed by atoms with Crippen LogP contribution in [0.3, 0.4) is 0 Å². The average Bonchev–Trinajstić information content (AvgIpc) is 2.63. The first-order chi connectivity index (χ1) is 8.56. The van der Waals surface area contributed by atoms with Gasteiger partial charge in [-0.05, 0) is 27.7 Å². The summed E-state index contributed by atoms with van der Waals surface area (Å²) >= 11 is 0. The maximum atomic E-state index is 9.26. The number of hydrogen-bond acceptors (Lipinski definition) is 3. The molecule has 1 aromatic heterocycles. The van der Waals surface area contributed by atoms with Gasteiger partial charge in [-0.15, -0.1) is 5.10 Å². The van der Waals surface area contributed by atoms with E-state index in [1.54, 1.807) is 11.6 Å². The van der Waals surface area contributed by atoms with E-state index >= 15 is 0 Å². The Morgan fingerprint density at radius 1 is 1.22 bits per heavy atom. The van der Waals surface area contributed by atoms with Crippen LogP contribution in [0, 0.1) is 13.8 Å². The monoisotopic (exact) mass is 258 g/mol. The van der Waals surface area contributed by atoms with Gasteiger partial charge in [-0.25, -0.2) is 0 Å². The van der Waals surface area contributed by atoms with Crippen molar-refractivity contribution in [3.05, 3.63) is 11.3 Å². The smallest absolute Gasteiger partial charge is 0.235 e. The lowest BCUT2D eigenvalue weighted by Gasteiger charge is -2.05. The third kappa shape index (κ3) is 6.05. The number of rotatable bonds is 4. The minimum Gasteiger partial charge on any atom is -0.477 e. The fraction of sp³-hybridized carbons (Fsp3) is 0.786. The Hall–Kier alpha value is -1.03. The average molecular weight is 258 g/mol. The summed E-state index contributed by atoms with van der Waals surface area (Å²) in [5.41, 5.74) is 2.10. The van der Waals surface area contributed by atoms with E-state index in [0.717, 1.165) is 11.3 Å².